The molecule has 0 unspecified atom stereocenters. The second-order valence-corrected chi connectivity index (χ2v) is 6.10. The molecule has 0 fully saturated rings. The van der Waals surface area contributed by atoms with Gasteiger partial charge in [0.15, 0.2) is 0 Å². The third-order valence-corrected chi connectivity index (χ3v) is 4.18. The molecule has 0 heterocycles. The van der Waals surface area contributed by atoms with Gasteiger partial charge in [0.05, 0.1) is 5.56 Å². The molecular formula is C16H22O2. The van der Waals surface area contributed by atoms with Gasteiger partial charge in [0, 0.05) is 0 Å². The number of hydrogen-bond donors (Lipinski definition) is 1. The Morgan fingerprint density at radius 2 is 1.78 bits per heavy atom. The van der Waals surface area contributed by atoms with Crippen molar-refractivity contribution < 1.29 is 9.90 Å². The summed E-state index contributed by atoms with van der Waals surface area (Å²) < 4.78 is 0. The highest BCUT2D eigenvalue weighted by molar-refractivity contribution is 5.89. The number of benzene rings is 1. The van der Waals surface area contributed by atoms with Crippen molar-refractivity contribution in [3.63, 3.8) is 0 Å². The summed E-state index contributed by atoms with van der Waals surface area (Å²) >= 11 is 0. The Hall–Kier alpha value is -1.31. The lowest BCUT2D eigenvalue weighted by Gasteiger charge is -2.21. The monoisotopic (exact) mass is 246 g/mol. The Labute approximate surface area is 109 Å². The Kier molecular flexibility index (Phi) is 3.47. The molecule has 0 amide bonds. The Morgan fingerprint density at radius 1 is 1.22 bits per heavy atom. The maximum Gasteiger partial charge on any atom is 0.335 e. The smallest absolute Gasteiger partial charge is 0.335 e. The molecule has 2 nitrogen and oxygen atoms in total. The topological polar surface area (TPSA) is 37.3 Å². The molecule has 0 aromatic heterocycles. The third kappa shape index (κ3) is 2.58. The van der Waals surface area contributed by atoms with E-state index in [2.05, 4.69) is 19.9 Å². The molecule has 2 rings (SSSR count). The van der Waals surface area contributed by atoms with Crippen LogP contribution in [0.2, 0.25) is 0 Å². The molecule has 98 valence electrons. The average Bonchev–Trinajstić information content (AvgIpc) is 2.47. The van der Waals surface area contributed by atoms with Gasteiger partial charge >= 0.3 is 5.97 Å². The molecule has 0 spiro atoms. The second-order valence-electron chi connectivity index (χ2n) is 6.10. The molecule has 2 heteroatoms. The van der Waals surface area contributed by atoms with Crippen molar-refractivity contribution in [2.45, 2.75) is 52.9 Å². The summed E-state index contributed by atoms with van der Waals surface area (Å²) in [6, 6.07) is 4.04. The van der Waals surface area contributed by atoms with E-state index in [9.17, 15) is 9.90 Å². The van der Waals surface area contributed by atoms with E-state index in [0.29, 0.717) is 11.0 Å². The number of hydrogen-bond acceptors (Lipinski definition) is 1. The molecule has 0 saturated carbocycles. The summed E-state index contributed by atoms with van der Waals surface area (Å²) in [5.74, 6) is -0.793. The van der Waals surface area contributed by atoms with E-state index >= 15 is 0 Å². The van der Waals surface area contributed by atoms with E-state index in [1.54, 1.807) is 0 Å². The van der Waals surface area contributed by atoms with Crippen LogP contribution < -0.4 is 0 Å². The fraction of sp³-hybridized carbons (Fsp3) is 0.562. The Balaban J connectivity index is 2.43. The van der Waals surface area contributed by atoms with Gasteiger partial charge in [-0.1, -0.05) is 26.8 Å². The van der Waals surface area contributed by atoms with Gasteiger partial charge in [-0.3, -0.25) is 0 Å². The van der Waals surface area contributed by atoms with Crippen molar-refractivity contribution in [2.75, 3.05) is 0 Å². The maximum absolute atomic E-state index is 11.3. The molecule has 0 atom stereocenters. The minimum absolute atomic E-state index is 0.370. The highest BCUT2D eigenvalue weighted by Crippen LogP contribution is 2.34. The lowest BCUT2D eigenvalue weighted by atomic mass is 9.85. The van der Waals surface area contributed by atoms with E-state index in [0.717, 1.165) is 31.2 Å². The summed E-state index contributed by atoms with van der Waals surface area (Å²) in [7, 11) is 0. The SMILES string of the molecule is CCc1cc2c(cc1C(=O)O)CCC(C)(C)CC2. The summed E-state index contributed by atoms with van der Waals surface area (Å²) in [5, 5.41) is 9.27. The first-order valence-corrected chi connectivity index (χ1v) is 6.81. The van der Waals surface area contributed by atoms with Gasteiger partial charge in [-0.25, -0.2) is 4.79 Å². The van der Waals surface area contributed by atoms with Crippen LogP contribution in [-0.4, -0.2) is 11.1 Å². The quantitative estimate of drug-likeness (QED) is 0.805. The molecule has 0 aliphatic heterocycles. The molecule has 1 aromatic carbocycles. The number of rotatable bonds is 2. The fourth-order valence-corrected chi connectivity index (χ4v) is 2.77. The zero-order valence-electron chi connectivity index (χ0n) is 11.5. The number of fused-ring (bicyclic) bond motifs is 1. The van der Waals surface area contributed by atoms with Gasteiger partial charge in [-0.05, 0) is 60.3 Å². The molecule has 0 radical (unpaired) electrons. The zero-order chi connectivity index (χ0) is 13.3. The van der Waals surface area contributed by atoms with Crippen molar-refractivity contribution in [3.05, 3.63) is 34.4 Å². The first-order valence-electron chi connectivity index (χ1n) is 6.81. The van der Waals surface area contributed by atoms with Crippen molar-refractivity contribution in [1.82, 2.24) is 0 Å². The van der Waals surface area contributed by atoms with Crippen molar-refractivity contribution in [1.29, 1.82) is 0 Å². The predicted molar refractivity (Wildman–Crippen MR) is 73.2 cm³/mol. The lowest BCUT2D eigenvalue weighted by Crippen LogP contribution is -2.10. The lowest BCUT2D eigenvalue weighted by molar-refractivity contribution is 0.0695. The number of aromatic carboxylic acids is 1. The third-order valence-electron chi connectivity index (χ3n) is 4.18. The summed E-state index contributed by atoms with van der Waals surface area (Å²) in [6.07, 6.45) is 5.21. The number of carbonyl (C=O) groups is 1. The van der Waals surface area contributed by atoms with Crippen LogP contribution in [0.1, 0.15) is 60.7 Å². The number of carboxylic acid groups (broad SMARTS) is 1. The number of carboxylic acids is 1. The largest absolute Gasteiger partial charge is 0.478 e. The van der Waals surface area contributed by atoms with Crippen LogP contribution in [0, 0.1) is 5.41 Å². The Morgan fingerprint density at radius 3 is 2.28 bits per heavy atom. The molecule has 18 heavy (non-hydrogen) atoms. The first kappa shape index (κ1) is 13.1. The van der Waals surface area contributed by atoms with Gasteiger partial charge in [0.1, 0.15) is 0 Å². The number of aryl methyl sites for hydroxylation is 3. The minimum Gasteiger partial charge on any atom is -0.478 e. The van der Waals surface area contributed by atoms with E-state index in [-0.39, 0.29) is 0 Å². The van der Waals surface area contributed by atoms with Crippen LogP contribution in [-0.2, 0) is 19.3 Å². The molecule has 1 N–H and O–H groups in total. The molecule has 1 aromatic rings. The van der Waals surface area contributed by atoms with Gasteiger partial charge in [0.25, 0.3) is 0 Å². The first-order chi connectivity index (χ1) is 8.43. The molecule has 1 aliphatic carbocycles. The normalized spacial score (nSPS) is 17.9. The molecule has 1 aliphatic rings. The Bertz CT molecular complexity index is 472. The molecular weight excluding hydrogens is 224 g/mol. The van der Waals surface area contributed by atoms with E-state index in [1.165, 1.54) is 17.5 Å². The van der Waals surface area contributed by atoms with E-state index < -0.39 is 5.97 Å². The maximum atomic E-state index is 11.3. The van der Waals surface area contributed by atoms with Crippen molar-refractivity contribution >= 4 is 5.97 Å². The van der Waals surface area contributed by atoms with Crippen LogP contribution in [0.3, 0.4) is 0 Å². The zero-order valence-corrected chi connectivity index (χ0v) is 11.5. The fourth-order valence-electron chi connectivity index (χ4n) is 2.77. The summed E-state index contributed by atoms with van der Waals surface area (Å²) in [4.78, 5) is 11.3. The van der Waals surface area contributed by atoms with Crippen LogP contribution in [0.5, 0.6) is 0 Å². The second kappa shape index (κ2) is 4.75. The van der Waals surface area contributed by atoms with Crippen LogP contribution in [0.15, 0.2) is 12.1 Å². The van der Waals surface area contributed by atoms with Gasteiger partial charge < -0.3 is 5.11 Å². The summed E-state index contributed by atoms with van der Waals surface area (Å²) in [5.41, 5.74) is 4.45. The van der Waals surface area contributed by atoms with Gasteiger partial charge in [-0.15, -0.1) is 0 Å². The van der Waals surface area contributed by atoms with Crippen molar-refractivity contribution in [2.24, 2.45) is 5.41 Å². The standard InChI is InChI=1S/C16H22O2/c1-4-11-9-12-5-7-16(2,3)8-6-13(12)10-14(11)15(17)18/h9-10H,4-8H2,1-3H3,(H,17,18). The molecule has 0 saturated heterocycles. The van der Waals surface area contributed by atoms with E-state index in [1.807, 2.05) is 13.0 Å². The summed E-state index contributed by atoms with van der Waals surface area (Å²) in [6.45, 7) is 6.63. The van der Waals surface area contributed by atoms with Crippen molar-refractivity contribution in [3.8, 4) is 0 Å². The van der Waals surface area contributed by atoms with Gasteiger partial charge in [0.2, 0.25) is 0 Å². The average molecular weight is 246 g/mol. The predicted octanol–water partition coefficient (Wildman–Crippen LogP) is 3.85. The van der Waals surface area contributed by atoms with Crippen LogP contribution in [0.25, 0.3) is 0 Å². The highest BCUT2D eigenvalue weighted by atomic mass is 16.4. The van der Waals surface area contributed by atoms with E-state index in [4.69, 9.17) is 0 Å². The minimum atomic E-state index is -0.793. The van der Waals surface area contributed by atoms with Gasteiger partial charge in [-0.2, -0.15) is 0 Å². The van der Waals surface area contributed by atoms with Crippen LogP contribution >= 0.6 is 0 Å². The highest BCUT2D eigenvalue weighted by Gasteiger charge is 2.24. The van der Waals surface area contributed by atoms with Crippen LogP contribution in [0.4, 0.5) is 0 Å². The molecule has 0 bridgehead atoms.